The van der Waals surface area contributed by atoms with Gasteiger partial charge in [0.2, 0.25) is 11.8 Å². The molecule has 4 rings (SSSR count). The minimum atomic E-state index is -0.207. The lowest BCUT2D eigenvalue weighted by atomic mass is 9.46. The van der Waals surface area contributed by atoms with Gasteiger partial charge in [-0.15, -0.1) is 0 Å². The quantitative estimate of drug-likeness (QED) is 0.826. The third-order valence-electron chi connectivity index (χ3n) is 5.52. The predicted octanol–water partition coefficient (Wildman–Crippen LogP) is 1.99. The largest absolute Gasteiger partial charge is 0.356 e. The number of nitrogens with one attached hydrogen (secondary N) is 2. The summed E-state index contributed by atoms with van der Waals surface area (Å²) >= 11 is 0. The van der Waals surface area contributed by atoms with Crippen LogP contribution in [0.1, 0.15) is 58.8 Å². The zero-order valence-corrected chi connectivity index (χ0v) is 12.6. The summed E-state index contributed by atoms with van der Waals surface area (Å²) in [7, 11) is 0. The average molecular weight is 278 g/mol. The minimum absolute atomic E-state index is 0.0519. The van der Waals surface area contributed by atoms with Gasteiger partial charge >= 0.3 is 0 Å². The highest BCUT2D eigenvalue weighted by Crippen LogP contribution is 2.61. The Bertz CT molecular complexity index is 418. The van der Waals surface area contributed by atoms with Crippen molar-refractivity contribution in [1.29, 1.82) is 0 Å². The van der Waals surface area contributed by atoms with Crippen molar-refractivity contribution in [2.75, 3.05) is 6.54 Å². The number of hydrogen-bond acceptors (Lipinski definition) is 2. The van der Waals surface area contributed by atoms with Gasteiger partial charge in [0.25, 0.3) is 0 Å². The van der Waals surface area contributed by atoms with Crippen molar-refractivity contribution in [2.45, 2.75) is 64.3 Å². The topological polar surface area (TPSA) is 58.2 Å². The summed E-state index contributed by atoms with van der Waals surface area (Å²) in [5.41, 5.74) is -0.304. The normalized spacial score (nSPS) is 41.5. The lowest BCUT2D eigenvalue weighted by Gasteiger charge is -2.61. The van der Waals surface area contributed by atoms with E-state index < -0.39 is 0 Å². The van der Waals surface area contributed by atoms with Gasteiger partial charge in [0.05, 0.1) is 5.41 Å². The Morgan fingerprint density at radius 1 is 1.15 bits per heavy atom. The maximum atomic E-state index is 12.7. The van der Waals surface area contributed by atoms with Crippen molar-refractivity contribution in [3.8, 4) is 0 Å². The Labute approximate surface area is 121 Å². The van der Waals surface area contributed by atoms with Crippen molar-refractivity contribution >= 4 is 11.8 Å². The van der Waals surface area contributed by atoms with Gasteiger partial charge in [-0.2, -0.15) is 0 Å². The molecule has 0 aromatic rings. The second kappa shape index (κ2) is 4.74. The molecule has 0 aromatic heterocycles. The van der Waals surface area contributed by atoms with E-state index >= 15 is 0 Å². The molecule has 0 saturated heterocycles. The fourth-order valence-electron chi connectivity index (χ4n) is 5.47. The molecule has 2 N–H and O–H groups in total. The molecule has 0 aromatic carbocycles. The molecule has 0 unspecified atom stereocenters. The van der Waals surface area contributed by atoms with Gasteiger partial charge < -0.3 is 10.6 Å². The summed E-state index contributed by atoms with van der Waals surface area (Å²) in [6.07, 6.45) is 7.29. The molecule has 0 heterocycles. The molecule has 0 spiro atoms. The van der Waals surface area contributed by atoms with Gasteiger partial charge in [-0.25, -0.2) is 0 Å². The molecule has 4 nitrogen and oxygen atoms in total. The fraction of sp³-hybridized carbons (Fsp3) is 0.875. The second-order valence-corrected chi connectivity index (χ2v) is 7.46. The molecule has 20 heavy (non-hydrogen) atoms. The van der Waals surface area contributed by atoms with Crippen LogP contribution in [0.4, 0.5) is 0 Å². The van der Waals surface area contributed by atoms with Crippen LogP contribution in [0.3, 0.4) is 0 Å². The van der Waals surface area contributed by atoms with Gasteiger partial charge in [-0.05, 0) is 56.8 Å². The smallest absolute Gasteiger partial charge is 0.226 e. The minimum Gasteiger partial charge on any atom is -0.356 e. The summed E-state index contributed by atoms with van der Waals surface area (Å²) in [5, 5.41) is 6.31. The van der Waals surface area contributed by atoms with E-state index in [0.29, 0.717) is 11.8 Å². The third-order valence-corrected chi connectivity index (χ3v) is 5.52. The third kappa shape index (κ3) is 2.23. The SMILES string of the molecule is CCCNC(=O)C12C[C@H]3C[C@@H](CC(NC(C)=O)(C3)C1)C2. The van der Waals surface area contributed by atoms with E-state index in [1.807, 2.05) is 0 Å². The Morgan fingerprint density at radius 3 is 2.35 bits per heavy atom. The summed E-state index contributed by atoms with van der Waals surface area (Å²) in [6, 6.07) is 0. The lowest BCUT2D eigenvalue weighted by Crippen LogP contribution is -2.65. The molecule has 4 heteroatoms. The molecule has 0 radical (unpaired) electrons. The maximum absolute atomic E-state index is 12.7. The van der Waals surface area contributed by atoms with Crippen molar-refractivity contribution in [1.82, 2.24) is 10.6 Å². The molecule has 4 saturated carbocycles. The van der Waals surface area contributed by atoms with E-state index in [2.05, 4.69) is 17.6 Å². The zero-order chi connectivity index (χ0) is 14.4. The van der Waals surface area contributed by atoms with Crippen molar-refractivity contribution in [3.63, 3.8) is 0 Å². The fourth-order valence-corrected chi connectivity index (χ4v) is 5.47. The molecule has 4 aliphatic carbocycles. The number of carbonyl (C=O) groups is 2. The zero-order valence-electron chi connectivity index (χ0n) is 12.6. The maximum Gasteiger partial charge on any atom is 0.226 e. The highest BCUT2D eigenvalue weighted by Gasteiger charge is 2.60. The standard InChI is InChI=1S/C16H26N2O2/c1-3-4-17-14(20)15-6-12-5-13(7-15)9-16(8-12,10-15)18-11(2)19/h12-13H,3-10H2,1-2H3,(H,17,20)(H,18,19)/t12-,13-,15?,16?/m1/s1. The van der Waals surface area contributed by atoms with E-state index in [-0.39, 0.29) is 22.8 Å². The van der Waals surface area contributed by atoms with Crippen LogP contribution in [-0.4, -0.2) is 23.9 Å². The first-order valence-corrected chi connectivity index (χ1v) is 8.04. The predicted molar refractivity (Wildman–Crippen MR) is 77.0 cm³/mol. The van der Waals surface area contributed by atoms with E-state index in [0.717, 1.165) is 45.1 Å². The van der Waals surface area contributed by atoms with Crippen LogP contribution < -0.4 is 10.6 Å². The van der Waals surface area contributed by atoms with E-state index in [1.165, 1.54) is 6.42 Å². The molecule has 0 aliphatic heterocycles. The van der Waals surface area contributed by atoms with E-state index in [4.69, 9.17) is 0 Å². The Morgan fingerprint density at radius 2 is 1.80 bits per heavy atom. The first-order valence-electron chi connectivity index (χ1n) is 8.04. The van der Waals surface area contributed by atoms with Crippen LogP contribution >= 0.6 is 0 Å². The molecule has 4 fully saturated rings. The first kappa shape index (κ1) is 13.9. The number of hydrogen-bond donors (Lipinski definition) is 2. The van der Waals surface area contributed by atoms with Crippen LogP contribution in [0.2, 0.25) is 0 Å². The Balaban J connectivity index is 1.83. The van der Waals surface area contributed by atoms with Crippen molar-refractivity contribution in [3.05, 3.63) is 0 Å². The van der Waals surface area contributed by atoms with Crippen molar-refractivity contribution < 1.29 is 9.59 Å². The molecule has 112 valence electrons. The van der Waals surface area contributed by atoms with E-state index in [1.54, 1.807) is 6.92 Å². The average Bonchev–Trinajstić information content (AvgIpc) is 2.32. The van der Waals surface area contributed by atoms with Gasteiger partial charge in [0.1, 0.15) is 0 Å². The number of rotatable bonds is 4. The highest BCUT2D eigenvalue weighted by molar-refractivity contribution is 5.83. The number of amides is 2. The Kier molecular flexibility index (Phi) is 3.30. The van der Waals surface area contributed by atoms with Gasteiger partial charge in [-0.3, -0.25) is 9.59 Å². The second-order valence-electron chi connectivity index (χ2n) is 7.46. The van der Waals surface area contributed by atoms with Crippen LogP contribution in [0.25, 0.3) is 0 Å². The van der Waals surface area contributed by atoms with Crippen LogP contribution in [0.15, 0.2) is 0 Å². The summed E-state index contributed by atoms with van der Waals surface area (Å²) in [4.78, 5) is 24.2. The molecular formula is C16H26N2O2. The first-order chi connectivity index (χ1) is 9.47. The van der Waals surface area contributed by atoms with Crippen molar-refractivity contribution in [2.24, 2.45) is 17.3 Å². The van der Waals surface area contributed by atoms with Crippen LogP contribution in [0.5, 0.6) is 0 Å². The van der Waals surface area contributed by atoms with Crippen LogP contribution in [0, 0.1) is 17.3 Å². The summed E-state index contributed by atoms with van der Waals surface area (Å²) in [5.74, 6) is 1.53. The lowest BCUT2D eigenvalue weighted by molar-refractivity contribution is -0.153. The highest BCUT2D eigenvalue weighted by atomic mass is 16.2. The monoisotopic (exact) mass is 278 g/mol. The molecule has 2 atom stereocenters. The molecule has 2 amide bonds. The molecule has 4 bridgehead atoms. The summed E-state index contributed by atoms with van der Waals surface area (Å²) in [6.45, 7) is 4.45. The molecular weight excluding hydrogens is 252 g/mol. The van der Waals surface area contributed by atoms with E-state index in [9.17, 15) is 9.59 Å². The van der Waals surface area contributed by atoms with Crippen LogP contribution in [-0.2, 0) is 9.59 Å². The summed E-state index contributed by atoms with van der Waals surface area (Å²) < 4.78 is 0. The van der Waals surface area contributed by atoms with Gasteiger partial charge in [0, 0.05) is 19.0 Å². The van der Waals surface area contributed by atoms with Gasteiger partial charge in [0.15, 0.2) is 0 Å². The van der Waals surface area contributed by atoms with Gasteiger partial charge in [-0.1, -0.05) is 6.92 Å². The Hall–Kier alpha value is -1.06. The molecule has 4 aliphatic rings. The number of carbonyl (C=O) groups excluding carboxylic acids is 2.